The summed E-state index contributed by atoms with van der Waals surface area (Å²) in [5, 5.41) is 12.3. The lowest BCUT2D eigenvalue weighted by Gasteiger charge is -2.16. The Hall–Kier alpha value is -2.70. The van der Waals surface area contributed by atoms with Crippen LogP contribution in [0.25, 0.3) is 22.6 Å². The molecule has 2 aliphatic heterocycles. The molecule has 0 saturated carbocycles. The highest BCUT2D eigenvalue weighted by Crippen LogP contribution is 2.18. The van der Waals surface area contributed by atoms with E-state index >= 15 is 0 Å². The van der Waals surface area contributed by atoms with Gasteiger partial charge in [0.25, 0.3) is 0 Å². The summed E-state index contributed by atoms with van der Waals surface area (Å²) in [6.45, 7) is 2.53. The molecule has 20 heavy (non-hydrogen) atoms. The number of aromatic amines is 1. The topological polar surface area (TPSA) is 94.7 Å². The zero-order valence-corrected chi connectivity index (χ0v) is 10.8. The van der Waals surface area contributed by atoms with Gasteiger partial charge in [-0.2, -0.15) is 9.71 Å². The van der Waals surface area contributed by atoms with Crippen molar-refractivity contribution in [1.82, 2.24) is 14.5 Å². The first-order valence-corrected chi connectivity index (χ1v) is 6.28. The molecule has 2 heterocycles. The summed E-state index contributed by atoms with van der Waals surface area (Å²) in [5.41, 5.74) is -0.585. The minimum Gasteiger partial charge on any atom is -0.618 e. The summed E-state index contributed by atoms with van der Waals surface area (Å²) in [6.07, 6.45) is 0.787. The molecule has 0 aliphatic carbocycles. The third-order valence-electron chi connectivity index (χ3n) is 3.15. The minimum atomic E-state index is -0.748. The second-order valence-corrected chi connectivity index (χ2v) is 4.48. The Kier molecular flexibility index (Phi) is 2.74. The molecule has 1 aromatic rings. The fraction of sp³-hybridized carbons (Fsp3) is 0.231. The van der Waals surface area contributed by atoms with E-state index in [0.29, 0.717) is 22.3 Å². The second kappa shape index (κ2) is 4.44. The molecule has 0 fully saturated rings. The Bertz CT molecular complexity index is 881. The molecular formula is C13H12N4O3. The molecule has 0 aromatic heterocycles. The van der Waals surface area contributed by atoms with Crippen molar-refractivity contribution < 1.29 is 4.73 Å². The normalized spacial score (nSPS) is 11.2. The summed E-state index contributed by atoms with van der Waals surface area (Å²) in [6, 6.07) is 6.93. The van der Waals surface area contributed by atoms with Crippen molar-refractivity contribution in [1.29, 1.82) is 0 Å². The van der Waals surface area contributed by atoms with Crippen molar-refractivity contribution in [3.8, 4) is 11.5 Å². The number of hydrogen-bond donors (Lipinski definition) is 1. The fourth-order valence-corrected chi connectivity index (χ4v) is 2.35. The van der Waals surface area contributed by atoms with Gasteiger partial charge in [0, 0.05) is 12.6 Å². The lowest BCUT2D eigenvalue weighted by Crippen LogP contribution is -2.42. The van der Waals surface area contributed by atoms with Crippen LogP contribution in [0.3, 0.4) is 0 Å². The monoisotopic (exact) mass is 272 g/mol. The highest BCUT2D eigenvalue weighted by molar-refractivity contribution is 5.75. The third-order valence-corrected chi connectivity index (χ3v) is 3.15. The standard InChI is InChI=1S/C13H12N4O3/c1-2-7-16-8-5-3-4-6-9(8)17(20)10-11(16)14-13(19)15-12(10)18/h3-6H,2,7H2,1H3,(H,15,18,19). The highest BCUT2D eigenvalue weighted by Gasteiger charge is 2.26. The van der Waals surface area contributed by atoms with E-state index in [-0.39, 0.29) is 11.5 Å². The van der Waals surface area contributed by atoms with Crippen LogP contribution in [-0.2, 0) is 6.54 Å². The number of H-pyrrole nitrogens is 1. The van der Waals surface area contributed by atoms with Crippen LogP contribution in [0.4, 0.5) is 0 Å². The zero-order valence-electron chi connectivity index (χ0n) is 10.8. The first-order valence-electron chi connectivity index (χ1n) is 6.28. The number of rotatable bonds is 2. The summed E-state index contributed by atoms with van der Waals surface area (Å²) < 4.78 is 2.26. The van der Waals surface area contributed by atoms with Gasteiger partial charge < -0.3 is 9.77 Å². The summed E-state index contributed by atoms with van der Waals surface area (Å²) in [4.78, 5) is 29.1. The van der Waals surface area contributed by atoms with Crippen LogP contribution < -0.4 is 16.0 Å². The Morgan fingerprint density at radius 3 is 2.85 bits per heavy atom. The fourth-order valence-electron chi connectivity index (χ4n) is 2.35. The Balaban J connectivity index is 2.62. The van der Waals surface area contributed by atoms with E-state index in [4.69, 9.17) is 0 Å². The molecule has 0 spiro atoms. The third kappa shape index (κ3) is 1.67. The number of fused-ring (bicyclic) bond motifs is 2. The molecule has 0 bridgehead atoms. The maximum Gasteiger partial charge on any atom is 0.350 e. The van der Waals surface area contributed by atoms with Gasteiger partial charge in [-0.15, -0.1) is 0 Å². The van der Waals surface area contributed by atoms with E-state index in [2.05, 4.69) is 4.98 Å². The zero-order chi connectivity index (χ0) is 14.3. The van der Waals surface area contributed by atoms with Crippen molar-refractivity contribution >= 4 is 11.0 Å². The molecule has 3 rings (SSSR count). The number of hydrogen-bond acceptors (Lipinski definition) is 4. The Labute approximate surface area is 113 Å². The first-order chi connectivity index (χ1) is 9.63. The van der Waals surface area contributed by atoms with E-state index in [9.17, 15) is 14.8 Å². The van der Waals surface area contributed by atoms with Crippen molar-refractivity contribution in [3.63, 3.8) is 0 Å². The summed E-state index contributed by atoms with van der Waals surface area (Å²) >= 11 is 0. The predicted molar refractivity (Wildman–Crippen MR) is 72.5 cm³/mol. The summed E-state index contributed by atoms with van der Waals surface area (Å²) in [5.74, 6) is 0.120. The van der Waals surface area contributed by atoms with Crippen LogP contribution in [0, 0.1) is 5.21 Å². The van der Waals surface area contributed by atoms with Gasteiger partial charge in [-0.05, 0) is 12.5 Å². The molecule has 0 amide bonds. The smallest absolute Gasteiger partial charge is 0.350 e. The lowest BCUT2D eigenvalue weighted by molar-refractivity contribution is -0.566. The van der Waals surface area contributed by atoms with Crippen molar-refractivity contribution in [2.45, 2.75) is 19.9 Å². The molecule has 0 unspecified atom stereocenters. The second-order valence-electron chi connectivity index (χ2n) is 4.48. The molecule has 7 heteroatoms. The predicted octanol–water partition coefficient (Wildman–Crippen LogP) is 0.233. The van der Waals surface area contributed by atoms with E-state index in [1.54, 1.807) is 28.8 Å². The van der Waals surface area contributed by atoms with Gasteiger partial charge in [-0.25, -0.2) is 4.79 Å². The number of nitrogens with one attached hydrogen (secondary N) is 1. The van der Waals surface area contributed by atoms with Crippen LogP contribution in [0.5, 0.6) is 0 Å². The lowest BCUT2D eigenvalue weighted by atomic mass is 10.2. The molecule has 7 nitrogen and oxygen atoms in total. The maximum absolute atomic E-state index is 12.3. The van der Waals surface area contributed by atoms with E-state index in [1.165, 1.54) is 0 Å². The number of aromatic nitrogens is 4. The molecule has 0 radical (unpaired) electrons. The molecule has 102 valence electrons. The van der Waals surface area contributed by atoms with Gasteiger partial charge in [0.1, 0.15) is 5.52 Å². The average Bonchev–Trinajstić information content (AvgIpc) is 2.42. The van der Waals surface area contributed by atoms with Gasteiger partial charge in [0.15, 0.2) is 0 Å². The highest BCUT2D eigenvalue weighted by atomic mass is 16.5. The van der Waals surface area contributed by atoms with E-state index in [0.717, 1.165) is 6.42 Å². The minimum absolute atomic E-state index is 0.120. The van der Waals surface area contributed by atoms with Crippen LogP contribution in [0.1, 0.15) is 13.3 Å². The Morgan fingerprint density at radius 2 is 2.10 bits per heavy atom. The number of nitrogens with zero attached hydrogens (tertiary/aromatic N) is 3. The van der Waals surface area contributed by atoms with Crippen molar-refractivity contribution in [3.05, 3.63) is 50.3 Å². The SMILES string of the molecule is CCCn1c2nc(=O)[nH]c(=O)c-2[n+]([O-])c2ccccc21. The Morgan fingerprint density at radius 1 is 1.35 bits per heavy atom. The first kappa shape index (κ1) is 12.3. The van der Waals surface area contributed by atoms with Crippen LogP contribution in [-0.4, -0.2) is 14.5 Å². The maximum atomic E-state index is 12.3. The molecular weight excluding hydrogens is 260 g/mol. The van der Waals surface area contributed by atoms with Crippen LogP contribution >= 0.6 is 0 Å². The molecule has 1 N–H and O–H groups in total. The summed E-state index contributed by atoms with van der Waals surface area (Å²) in [7, 11) is 0. The van der Waals surface area contributed by atoms with Gasteiger partial charge in [-0.3, -0.25) is 9.78 Å². The molecule has 2 aliphatic rings. The van der Waals surface area contributed by atoms with Gasteiger partial charge in [0.05, 0.1) is 0 Å². The van der Waals surface area contributed by atoms with Gasteiger partial charge >= 0.3 is 16.9 Å². The van der Waals surface area contributed by atoms with Crippen molar-refractivity contribution in [2.75, 3.05) is 0 Å². The average molecular weight is 272 g/mol. The van der Waals surface area contributed by atoms with Gasteiger partial charge in [0.2, 0.25) is 11.3 Å². The molecule has 0 saturated heterocycles. The number of benzene rings is 1. The van der Waals surface area contributed by atoms with E-state index in [1.807, 2.05) is 11.9 Å². The number of para-hydroxylation sites is 2. The van der Waals surface area contributed by atoms with Gasteiger partial charge in [-0.1, -0.05) is 19.1 Å². The van der Waals surface area contributed by atoms with E-state index < -0.39 is 11.2 Å². The van der Waals surface area contributed by atoms with Crippen LogP contribution in [0.15, 0.2) is 33.9 Å². The van der Waals surface area contributed by atoms with Crippen molar-refractivity contribution in [2.24, 2.45) is 0 Å². The molecule has 1 aromatic carbocycles. The number of aryl methyl sites for hydroxylation is 1. The van der Waals surface area contributed by atoms with Crippen LogP contribution in [0.2, 0.25) is 0 Å². The largest absolute Gasteiger partial charge is 0.618 e. The molecule has 0 atom stereocenters. The quantitative estimate of drug-likeness (QED) is 0.410.